The van der Waals surface area contributed by atoms with Crippen molar-refractivity contribution in [2.75, 3.05) is 19.0 Å². The summed E-state index contributed by atoms with van der Waals surface area (Å²) in [4.78, 5) is 37.6. The van der Waals surface area contributed by atoms with Gasteiger partial charge in [0, 0.05) is 25.0 Å². The van der Waals surface area contributed by atoms with Gasteiger partial charge in [0.05, 0.1) is 7.11 Å². The summed E-state index contributed by atoms with van der Waals surface area (Å²) < 4.78 is 5.21. The van der Waals surface area contributed by atoms with E-state index < -0.39 is 11.8 Å². The van der Waals surface area contributed by atoms with E-state index >= 15 is 0 Å². The minimum Gasteiger partial charge on any atom is -0.496 e. The Morgan fingerprint density at radius 1 is 1.17 bits per heavy atom. The summed E-state index contributed by atoms with van der Waals surface area (Å²) in [6.45, 7) is 0.276. The quantitative estimate of drug-likeness (QED) is 0.706. The second-order valence-electron chi connectivity index (χ2n) is 4.69. The summed E-state index contributed by atoms with van der Waals surface area (Å²) in [5.41, 5.74) is 0.575. The molecular formula is C16H17N3O4. The van der Waals surface area contributed by atoms with Crippen LogP contribution in [0.2, 0.25) is 0 Å². The van der Waals surface area contributed by atoms with Crippen LogP contribution >= 0.6 is 0 Å². The molecule has 7 nitrogen and oxygen atoms in total. The van der Waals surface area contributed by atoms with Crippen molar-refractivity contribution in [3.63, 3.8) is 0 Å². The maximum Gasteiger partial charge on any atom is 0.313 e. The average molecular weight is 315 g/mol. The van der Waals surface area contributed by atoms with E-state index in [1.54, 1.807) is 7.11 Å². The number of carbonyl (C=O) groups is 2. The van der Waals surface area contributed by atoms with Crippen molar-refractivity contribution in [3.05, 3.63) is 58.5 Å². The second kappa shape index (κ2) is 7.79. The molecule has 3 N–H and O–H groups in total. The summed E-state index contributed by atoms with van der Waals surface area (Å²) in [6, 6.07) is 8.69. The number of nitrogens with one attached hydrogen (secondary N) is 3. The van der Waals surface area contributed by atoms with Crippen LogP contribution in [0.3, 0.4) is 0 Å². The number of aromatic nitrogens is 1. The van der Waals surface area contributed by atoms with Crippen LogP contribution < -0.4 is 20.8 Å². The van der Waals surface area contributed by atoms with Crippen molar-refractivity contribution in [1.82, 2.24) is 10.3 Å². The number of pyridine rings is 1. The molecule has 2 amide bonds. The number of rotatable bonds is 5. The number of ether oxygens (including phenoxy) is 1. The lowest BCUT2D eigenvalue weighted by molar-refractivity contribution is -0.136. The van der Waals surface area contributed by atoms with Crippen molar-refractivity contribution >= 4 is 17.5 Å². The lowest BCUT2D eigenvalue weighted by atomic mass is 10.1. The zero-order chi connectivity index (χ0) is 16.7. The molecule has 0 fully saturated rings. The molecule has 0 spiro atoms. The Hall–Kier alpha value is -3.09. The molecule has 1 heterocycles. The molecule has 2 rings (SSSR count). The summed E-state index contributed by atoms with van der Waals surface area (Å²) in [6.07, 6.45) is 3.28. The third-order valence-corrected chi connectivity index (χ3v) is 3.15. The van der Waals surface area contributed by atoms with Crippen molar-refractivity contribution in [1.29, 1.82) is 0 Å². The fourth-order valence-electron chi connectivity index (χ4n) is 1.99. The first kappa shape index (κ1) is 16.3. The molecule has 0 radical (unpaired) electrons. The molecule has 23 heavy (non-hydrogen) atoms. The third-order valence-electron chi connectivity index (χ3n) is 3.15. The number of hydrogen-bond donors (Lipinski definition) is 3. The van der Waals surface area contributed by atoms with Crippen molar-refractivity contribution < 1.29 is 14.3 Å². The number of anilines is 1. The van der Waals surface area contributed by atoms with E-state index in [1.807, 2.05) is 24.3 Å². The van der Waals surface area contributed by atoms with Gasteiger partial charge in [-0.2, -0.15) is 0 Å². The van der Waals surface area contributed by atoms with Crippen LogP contribution in [0.15, 0.2) is 47.5 Å². The van der Waals surface area contributed by atoms with Gasteiger partial charge in [-0.1, -0.05) is 18.2 Å². The molecule has 0 aliphatic heterocycles. The molecule has 1 aromatic heterocycles. The number of methoxy groups -OCH3 is 1. The summed E-state index contributed by atoms with van der Waals surface area (Å²) in [5, 5.41) is 4.76. The summed E-state index contributed by atoms with van der Waals surface area (Å²) in [7, 11) is 1.57. The van der Waals surface area contributed by atoms with Crippen molar-refractivity contribution in [2.24, 2.45) is 0 Å². The van der Waals surface area contributed by atoms with E-state index in [9.17, 15) is 14.4 Å². The Labute approximate surface area is 132 Å². The maximum absolute atomic E-state index is 11.7. The molecule has 1 aromatic carbocycles. The zero-order valence-corrected chi connectivity index (χ0v) is 12.6. The van der Waals surface area contributed by atoms with Gasteiger partial charge >= 0.3 is 11.8 Å². The first-order valence-corrected chi connectivity index (χ1v) is 7.00. The standard InChI is InChI=1S/C16H17N3O4/c1-23-14-5-3-2-4-11(14)6-9-18-15(21)16(22)19-12-10-17-8-7-13(12)20/h2-5,7-8,10H,6,9H2,1H3,(H,17,20)(H,18,21)(H,19,22). The van der Waals surface area contributed by atoms with Crippen LogP contribution in [0.5, 0.6) is 5.75 Å². The van der Waals surface area contributed by atoms with Gasteiger partial charge in [-0.15, -0.1) is 0 Å². The molecule has 0 saturated carbocycles. The molecule has 0 saturated heterocycles. The minimum absolute atomic E-state index is 0.0254. The van der Waals surface area contributed by atoms with E-state index in [1.165, 1.54) is 18.5 Å². The van der Waals surface area contributed by atoms with E-state index in [2.05, 4.69) is 15.6 Å². The topological polar surface area (TPSA) is 100 Å². The highest BCUT2D eigenvalue weighted by molar-refractivity contribution is 6.39. The van der Waals surface area contributed by atoms with E-state index in [0.717, 1.165) is 11.3 Å². The Balaban J connectivity index is 1.86. The smallest absolute Gasteiger partial charge is 0.313 e. The number of H-pyrrole nitrogens is 1. The zero-order valence-electron chi connectivity index (χ0n) is 12.6. The van der Waals surface area contributed by atoms with Gasteiger partial charge in [-0.3, -0.25) is 14.4 Å². The van der Waals surface area contributed by atoms with Crippen LogP contribution in [0, 0.1) is 0 Å². The molecule has 0 unspecified atom stereocenters. The van der Waals surface area contributed by atoms with Gasteiger partial charge in [-0.05, 0) is 18.1 Å². The van der Waals surface area contributed by atoms with Gasteiger partial charge < -0.3 is 20.4 Å². The highest BCUT2D eigenvalue weighted by atomic mass is 16.5. The summed E-state index contributed by atoms with van der Waals surface area (Å²) in [5.74, 6) is -0.966. The number of para-hydroxylation sites is 1. The number of aromatic amines is 1. The normalized spacial score (nSPS) is 9.96. The van der Waals surface area contributed by atoms with Gasteiger partial charge in [0.25, 0.3) is 0 Å². The lowest BCUT2D eigenvalue weighted by Crippen LogP contribution is -2.37. The third kappa shape index (κ3) is 4.44. The van der Waals surface area contributed by atoms with Gasteiger partial charge in [0.15, 0.2) is 0 Å². The highest BCUT2D eigenvalue weighted by Gasteiger charge is 2.14. The predicted molar refractivity (Wildman–Crippen MR) is 85.4 cm³/mol. The number of carbonyl (C=O) groups excluding carboxylic acids is 2. The molecule has 0 bridgehead atoms. The van der Waals surface area contributed by atoms with Crippen LogP contribution in [0.1, 0.15) is 5.56 Å². The maximum atomic E-state index is 11.7. The van der Waals surface area contributed by atoms with Crippen molar-refractivity contribution in [3.8, 4) is 5.75 Å². The van der Waals surface area contributed by atoms with Gasteiger partial charge in [-0.25, -0.2) is 0 Å². The Morgan fingerprint density at radius 3 is 2.70 bits per heavy atom. The fraction of sp³-hybridized carbons (Fsp3) is 0.188. The van der Waals surface area contributed by atoms with Crippen LogP contribution in [0.4, 0.5) is 5.69 Å². The monoisotopic (exact) mass is 315 g/mol. The fourth-order valence-corrected chi connectivity index (χ4v) is 1.99. The van der Waals surface area contributed by atoms with E-state index in [-0.39, 0.29) is 17.7 Å². The van der Waals surface area contributed by atoms with E-state index in [0.29, 0.717) is 6.42 Å². The molecular weight excluding hydrogens is 298 g/mol. The first-order valence-electron chi connectivity index (χ1n) is 7.00. The predicted octanol–water partition coefficient (Wildman–Crippen LogP) is 0.681. The Bertz CT molecular complexity index is 755. The number of benzene rings is 1. The van der Waals surface area contributed by atoms with Gasteiger partial charge in [0.1, 0.15) is 11.4 Å². The molecule has 120 valence electrons. The Kier molecular flexibility index (Phi) is 5.51. The number of hydrogen-bond acceptors (Lipinski definition) is 4. The summed E-state index contributed by atoms with van der Waals surface area (Å²) >= 11 is 0. The van der Waals surface area contributed by atoms with Crippen LogP contribution in [-0.2, 0) is 16.0 Å². The second-order valence-corrected chi connectivity index (χ2v) is 4.69. The number of amides is 2. The minimum atomic E-state index is -0.887. The molecule has 7 heteroatoms. The first-order chi connectivity index (χ1) is 11.1. The highest BCUT2D eigenvalue weighted by Crippen LogP contribution is 2.17. The van der Waals surface area contributed by atoms with E-state index in [4.69, 9.17) is 4.74 Å². The average Bonchev–Trinajstić information content (AvgIpc) is 2.57. The van der Waals surface area contributed by atoms with Crippen LogP contribution in [0.25, 0.3) is 0 Å². The van der Waals surface area contributed by atoms with Crippen LogP contribution in [-0.4, -0.2) is 30.5 Å². The van der Waals surface area contributed by atoms with Gasteiger partial charge in [0.2, 0.25) is 5.43 Å². The molecule has 2 aromatic rings. The van der Waals surface area contributed by atoms with Crippen molar-refractivity contribution in [2.45, 2.75) is 6.42 Å². The lowest BCUT2D eigenvalue weighted by Gasteiger charge is -2.09. The molecule has 0 atom stereocenters. The molecule has 0 aliphatic rings. The largest absolute Gasteiger partial charge is 0.496 e. The Morgan fingerprint density at radius 2 is 1.96 bits per heavy atom. The molecule has 0 aliphatic carbocycles. The SMILES string of the molecule is COc1ccccc1CCNC(=O)C(=O)Nc1c[nH]ccc1=O.